The summed E-state index contributed by atoms with van der Waals surface area (Å²) in [6.07, 6.45) is 3.61. The van der Waals surface area contributed by atoms with Gasteiger partial charge < -0.3 is 10.7 Å². The van der Waals surface area contributed by atoms with Crippen molar-refractivity contribution in [2.45, 2.75) is 33.2 Å². The van der Waals surface area contributed by atoms with Gasteiger partial charge in [-0.1, -0.05) is 13.0 Å². The minimum absolute atomic E-state index is 0.615. The number of hydrogen-bond acceptors (Lipinski definition) is 6. The van der Waals surface area contributed by atoms with Crippen molar-refractivity contribution in [1.82, 2.24) is 15.0 Å². The van der Waals surface area contributed by atoms with Gasteiger partial charge in [0, 0.05) is 18.7 Å². The van der Waals surface area contributed by atoms with Crippen LogP contribution in [-0.4, -0.2) is 15.0 Å². The van der Waals surface area contributed by atoms with Gasteiger partial charge in [-0.2, -0.15) is 0 Å². The summed E-state index contributed by atoms with van der Waals surface area (Å²) < 4.78 is 0. The van der Waals surface area contributed by atoms with Gasteiger partial charge in [0.1, 0.15) is 17.5 Å². The highest BCUT2D eigenvalue weighted by molar-refractivity contribution is 5.47. The molecular weight excluding hydrogens is 252 g/mol. The molecule has 0 spiro atoms. The van der Waals surface area contributed by atoms with Crippen LogP contribution in [0.4, 0.5) is 11.6 Å². The van der Waals surface area contributed by atoms with Crippen LogP contribution in [0.2, 0.25) is 0 Å². The van der Waals surface area contributed by atoms with E-state index in [9.17, 15) is 0 Å². The monoisotopic (exact) mass is 272 g/mol. The van der Waals surface area contributed by atoms with E-state index in [0.717, 1.165) is 35.7 Å². The first-order valence-corrected chi connectivity index (χ1v) is 6.72. The highest BCUT2D eigenvalue weighted by Crippen LogP contribution is 2.13. The number of rotatable bonds is 6. The molecule has 0 bridgehead atoms. The Bertz CT molecular complexity index is 569. The van der Waals surface area contributed by atoms with Crippen LogP contribution in [0.25, 0.3) is 0 Å². The van der Waals surface area contributed by atoms with Crippen molar-refractivity contribution in [1.29, 1.82) is 0 Å². The van der Waals surface area contributed by atoms with E-state index >= 15 is 0 Å². The van der Waals surface area contributed by atoms with Crippen LogP contribution in [0, 0.1) is 6.92 Å². The number of hydrogen-bond donors (Lipinski definition) is 3. The number of nitrogens with one attached hydrogen (secondary N) is 2. The molecule has 2 rings (SSSR count). The predicted octanol–water partition coefficient (Wildman–Crippen LogP) is 2.03. The molecule has 0 aliphatic heterocycles. The van der Waals surface area contributed by atoms with E-state index in [1.807, 2.05) is 19.1 Å². The maximum atomic E-state index is 5.43. The highest BCUT2D eigenvalue weighted by atomic mass is 15.3. The minimum Gasteiger partial charge on any atom is -0.364 e. The second-order valence-corrected chi connectivity index (χ2v) is 4.57. The maximum Gasteiger partial charge on any atom is 0.145 e. The second kappa shape index (κ2) is 6.81. The summed E-state index contributed by atoms with van der Waals surface area (Å²) >= 11 is 0. The molecule has 0 saturated heterocycles. The van der Waals surface area contributed by atoms with Gasteiger partial charge in [-0.25, -0.2) is 15.8 Å². The molecule has 0 atom stereocenters. The third-order valence-electron chi connectivity index (χ3n) is 2.95. The van der Waals surface area contributed by atoms with Gasteiger partial charge in [0.25, 0.3) is 0 Å². The largest absolute Gasteiger partial charge is 0.364 e. The zero-order valence-corrected chi connectivity index (χ0v) is 11.8. The average Bonchev–Trinajstić information content (AvgIpc) is 2.46. The summed E-state index contributed by atoms with van der Waals surface area (Å²) in [4.78, 5) is 13.1. The molecule has 6 heteroatoms. The van der Waals surface area contributed by atoms with Crippen LogP contribution in [0.3, 0.4) is 0 Å². The maximum absolute atomic E-state index is 5.43. The zero-order chi connectivity index (χ0) is 14.4. The predicted molar refractivity (Wildman–Crippen MR) is 80.1 cm³/mol. The molecular formula is C14H20N6. The minimum atomic E-state index is 0.615. The third-order valence-corrected chi connectivity index (χ3v) is 2.95. The van der Waals surface area contributed by atoms with Crippen molar-refractivity contribution in [2.75, 3.05) is 10.7 Å². The molecule has 0 amide bonds. The number of hydrazine groups is 1. The molecule has 0 aliphatic carbocycles. The number of aryl methyl sites for hydroxylation is 2. The third kappa shape index (κ3) is 3.64. The van der Waals surface area contributed by atoms with Gasteiger partial charge >= 0.3 is 0 Å². The Labute approximate surface area is 118 Å². The normalized spacial score (nSPS) is 10.3. The van der Waals surface area contributed by atoms with Crippen LogP contribution >= 0.6 is 0 Å². The number of aromatic nitrogens is 3. The summed E-state index contributed by atoms with van der Waals surface area (Å²) in [5.41, 5.74) is 4.73. The van der Waals surface area contributed by atoms with E-state index in [1.165, 1.54) is 0 Å². The summed E-state index contributed by atoms with van der Waals surface area (Å²) in [5, 5.41) is 3.27. The molecule has 6 nitrogen and oxygen atoms in total. The van der Waals surface area contributed by atoms with Crippen molar-refractivity contribution < 1.29 is 0 Å². The number of nitrogen functional groups attached to an aromatic ring is 1. The van der Waals surface area contributed by atoms with Crippen LogP contribution < -0.4 is 16.6 Å². The molecule has 0 unspecified atom stereocenters. The first-order chi connectivity index (χ1) is 9.72. The lowest BCUT2D eigenvalue weighted by molar-refractivity contribution is 0.833. The Morgan fingerprint density at radius 3 is 2.75 bits per heavy atom. The Morgan fingerprint density at radius 2 is 2.05 bits per heavy atom. The van der Waals surface area contributed by atoms with Crippen LogP contribution in [0.1, 0.15) is 30.4 Å². The Hall–Kier alpha value is -2.21. The molecule has 0 aromatic carbocycles. The summed E-state index contributed by atoms with van der Waals surface area (Å²) in [6.45, 7) is 4.76. The Kier molecular flexibility index (Phi) is 4.84. The fourth-order valence-electron chi connectivity index (χ4n) is 1.87. The first kappa shape index (κ1) is 14.2. The molecule has 2 heterocycles. The average molecular weight is 272 g/mol. The van der Waals surface area contributed by atoms with Gasteiger partial charge in [0.2, 0.25) is 0 Å². The number of nitrogens with zero attached hydrogens (tertiary/aromatic N) is 3. The standard InChI is InChI=1S/C14H20N6/c1-3-5-12-18-13(8-14(19-12)20-15)17-9-11-10(2)6-4-7-16-11/h4,6-8H,3,5,9,15H2,1-2H3,(H2,17,18,19,20). The van der Waals surface area contributed by atoms with Gasteiger partial charge in [-0.15, -0.1) is 0 Å². The second-order valence-electron chi connectivity index (χ2n) is 4.57. The molecule has 0 radical (unpaired) electrons. The lowest BCUT2D eigenvalue weighted by Gasteiger charge is -2.10. The molecule has 20 heavy (non-hydrogen) atoms. The van der Waals surface area contributed by atoms with Gasteiger partial charge in [0.15, 0.2) is 0 Å². The van der Waals surface area contributed by atoms with E-state index in [-0.39, 0.29) is 0 Å². The zero-order valence-electron chi connectivity index (χ0n) is 11.8. The van der Waals surface area contributed by atoms with Crippen molar-refractivity contribution in [3.05, 3.63) is 41.5 Å². The molecule has 106 valence electrons. The van der Waals surface area contributed by atoms with Crippen LogP contribution in [0.5, 0.6) is 0 Å². The molecule has 0 aliphatic rings. The number of pyridine rings is 1. The van der Waals surface area contributed by atoms with Gasteiger partial charge in [-0.05, 0) is 25.0 Å². The first-order valence-electron chi connectivity index (χ1n) is 6.72. The van der Waals surface area contributed by atoms with Crippen molar-refractivity contribution in [3.8, 4) is 0 Å². The quantitative estimate of drug-likeness (QED) is 0.551. The molecule has 0 saturated carbocycles. The molecule has 2 aromatic heterocycles. The Balaban J connectivity index is 2.12. The van der Waals surface area contributed by atoms with Gasteiger partial charge in [-0.3, -0.25) is 4.98 Å². The summed E-state index contributed by atoms with van der Waals surface area (Å²) in [6, 6.07) is 5.76. The molecule has 0 fully saturated rings. The number of anilines is 2. The van der Waals surface area contributed by atoms with E-state index in [4.69, 9.17) is 5.84 Å². The van der Waals surface area contributed by atoms with E-state index in [1.54, 1.807) is 12.3 Å². The fraction of sp³-hybridized carbons (Fsp3) is 0.357. The van der Waals surface area contributed by atoms with Gasteiger partial charge in [0.05, 0.1) is 12.2 Å². The van der Waals surface area contributed by atoms with Crippen LogP contribution in [0.15, 0.2) is 24.4 Å². The van der Waals surface area contributed by atoms with E-state index in [2.05, 4.69) is 32.6 Å². The molecule has 2 aromatic rings. The summed E-state index contributed by atoms with van der Waals surface area (Å²) in [5.74, 6) is 7.58. The van der Waals surface area contributed by atoms with Crippen LogP contribution in [-0.2, 0) is 13.0 Å². The van der Waals surface area contributed by atoms with E-state index in [0.29, 0.717) is 12.4 Å². The van der Waals surface area contributed by atoms with Crippen molar-refractivity contribution in [2.24, 2.45) is 5.84 Å². The topological polar surface area (TPSA) is 88.8 Å². The SMILES string of the molecule is CCCc1nc(NN)cc(NCc2ncccc2C)n1. The van der Waals surface area contributed by atoms with E-state index < -0.39 is 0 Å². The molecule has 4 N–H and O–H groups in total. The number of nitrogens with two attached hydrogens (primary N) is 1. The fourth-order valence-corrected chi connectivity index (χ4v) is 1.87. The lowest BCUT2D eigenvalue weighted by atomic mass is 10.2. The highest BCUT2D eigenvalue weighted by Gasteiger charge is 2.05. The smallest absolute Gasteiger partial charge is 0.145 e. The lowest BCUT2D eigenvalue weighted by Crippen LogP contribution is -2.12. The Morgan fingerprint density at radius 1 is 1.25 bits per heavy atom. The van der Waals surface area contributed by atoms with Crippen molar-refractivity contribution in [3.63, 3.8) is 0 Å². The summed E-state index contributed by atoms with van der Waals surface area (Å²) in [7, 11) is 0. The van der Waals surface area contributed by atoms with Crippen molar-refractivity contribution >= 4 is 11.6 Å².